The first-order valence-electron chi connectivity index (χ1n) is 7.51. The van der Waals surface area contributed by atoms with Crippen LogP contribution in [-0.4, -0.2) is 23.2 Å². The topological polar surface area (TPSA) is 60.8 Å². The molecular formula is C20H17NO3. The number of aromatic carboxylic acids is 1. The number of rotatable bonds is 3. The van der Waals surface area contributed by atoms with Gasteiger partial charge in [-0.05, 0) is 35.4 Å². The zero-order valence-electron chi connectivity index (χ0n) is 13.2. The number of phenols is 1. The Kier molecular flexibility index (Phi) is 4.20. The molecule has 1 aliphatic rings. The van der Waals surface area contributed by atoms with E-state index in [9.17, 15) is 9.90 Å². The number of fused-ring (bicyclic) bond motifs is 1. The van der Waals surface area contributed by atoms with Crippen LogP contribution in [0.4, 0.5) is 5.69 Å². The number of nitrogens with zero attached hydrogens (tertiary/aromatic N) is 1. The first-order chi connectivity index (χ1) is 11.6. The highest BCUT2D eigenvalue weighted by Gasteiger charge is 2.12. The van der Waals surface area contributed by atoms with Gasteiger partial charge in [-0.2, -0.15) is 0 Å². The average Bonchev–Trinajstić information content (AvgIpc) is 2.58. The van der Waals surface area contributed by atoms with Crippen molar-refractivity contribution in [3.05, 3.63) is 83.6 Å². The van der Waals surface area contributed by atoms with Crippen LogP contribution in [0.5, 0.6) is 5.75 Å². The van der Waals surface area contributed by atoms with Gasteiger partial charge >= 0.3 is 5.97 Å². The highest BCUT2D eigenvalue weighted by atomic mass is 16.4. The monoisotopic (exact) mass is 319 g/mol. The summed E-state index contributed by atoms with van der Waals surface area (Å²) >= 11 is 0. The highest BCUT2D eigenvalue weighted by Crippen LogP contribution is 2.31. The van der Waals surface area contributed by atoms with Crippen molar-refractivity contribution in [2.45, 2.75) is 0 Å². The minimum atomic E-state index is -1.15. The third-order valence-corrected chi connectivity index (χ3v) is 3.89. The molecule has 2 aromatic carbocycles. The Morgan fingerprint density at radius 2 is 1.96 bits per heavy atom. The van der Waals surface area contributed by atoms with E-state index in [4.69, 9.17) is 5.11 Å². The van der Waals surface area contributed by atoms with Gasteiger partial charge in [0.25, 0.3) is 0 Å². The number of aromatic hydroxyl groups is 1. The summed E-state index contributed by atoms with van der Waals surface area (Å²) < 4.78 is 0. The first-order valence-corrected chi connectivity index (χ1v) is 7.51. The van der Waals surface area contributed by atoms with Gasteiger partial charge in [-0.1, -0.05) is 42.5 Å². The van der Waals surface area contributed by atoms with Gasteiger partial charge in [-0.25, -0.2) is 4.79 Å². The fraction of sp³-hybridized carbons (Fsp3) is 0.0500. The van der Waals surface area contributed by atoms with Crippen molar-refractivity contribution in [1.82, 2.24) is 0 Å². The predicted molar refractivity (Wildman–Crippen MR) is 96.1 cm³/mol. The van der Waals surface area contributed by atoms with Crippen molar-refractivity contribution < 1.29 is 15.0 Å². The van der Waals surface area contributed by atoms with Crippen molar-refractivity contribution in [1.29, 1.82) is 0 Å². The maximum Gasteiger partial charge on any atom is 0.339 e. The molecule has 0 fully saturated rings. The van der Waals surface area contributed by atoms with Gasteiger partial charge < -0.3 is 15.1 Å². The molecule has 0 radical (unpaired) electrons. The van der Waals surface area contributed by atoms with Gasteiger partial charge in [0.2, 0.25) is 0 Å². The minimum Gasteiger partial charge on any atom is -0.507 e. The lowest BCUT2D eigenvalue weighted by Crippen LogP contribution is -2.13. The van der Waals surface area contributed by atoms with Crippen molar-refractivity contribution >= 4 is 23.3 Å². The molecule has 1 heterocycles. The Hall–Kier alpha value is -3.27. The normalized spacial score (nSPS) is 15.0. The number of carbonyl (C=O) groups is 1. The number of allylic oxidation sites excluding steroid dienone is 4. The molecule has 3 rings (SSSR count). The lowest BCUT2D eigenvalue weighted by molar-refractivity contribution is 0.0693. The van der Waals surface area contributed by atoms with E-state index in [1.54, 1.807) is 6.07 Å². The quantitative estimate of drug-likeness (QED) is 0.892. The second-order valence-corrected chi connectivity index (χ2v) is 5.51. The maximum atomic E-state index is 11.1. The summed E-state index contributed by atoms with van der Waals surface area (Å²) in [6, 6.07) is 12.7. The van der Waals surface area contributed by atoms with Crippen LogP contribution in [0, 0.1) is 0 Å². The summed E-state index contributed by atoms with van der Waals surface area (Å²) in [7, 11) is 2.01. The molecule has 0 atom stereocenters. The summed E-state index contributed by atoms with van der Waals surface area (Å²) in [5.41, 5.74) is 3.97. The van der Waals surface area contributed by atoms with Crippen LogP contribution in [-0.2, 0) is 0 Å². The van der Waals surface area contributed by atoms with E-state index in [0.29, 0.717) is 5.56 Å². The second-order valence-electron chi connectivity index (χ2n) is 5.51. The Bertz CT molecular complexity index is 878. The molecule has 2 aromatic rings. The Labute approximate surface area is 140 Å². The number of benzene rings is 2. The number of anilines is 1. The molecule has 0 saturated carbocycles. The van der Waals surface area contributed by atoms with E-state index in [0.717, 1.165) is 16.8 Å². The number of carboxylic acids is 1. The summed E-state index contributed by atoms with van der Waals surface area (Å²) in [6.07, 6.45) is 9.71. The van der Waals surface area contributed by atoms with Crippen molar-refractivity contribution in [2.75, 3.05) is 11.9 Å². The largest absolute Gasteiger partial charge is 0.507 e. The molecule has 24 heavy (non-hydrogen) atoms. The number of hydrogen-bond acceptors (Lipinski definition) is 3. The number of carboxylic acid groups (broad SMARTS) is 1. The molecule has 0 aromatic heterocycles. The SMILES string of the molecule is CN1C=C/C(=C\C=C\c2ccc(O)c(C(=O)O)c2)c2ccccc21. The van der Waals surface area contributed by atoms with E-state index in [1.165, 1.54) is 12.1 Å². The molecular weight excluding hydrogens is 302 g/mol. The van der Waals surface area contributed by atoms with Crippen LogP contribution in [0.2, 0.25) is 0 Å². The molecule has 0 bridgehead atoms. The van der Waals surface area contributed by atoms with Gasteiger partial charge in [0.1, 0.15) is 11.3 Å². The van der Waals surface area contributed by atoms with Crippen LogP contribution in [0.15, 0.2) is 66.9 Å². The molecule has 0 amide bonds. The Morgan fingerprint density at radius 3 is 2.75 bits per heavy atom. The van der Waals surface area contributed by atoms with Gasteiger partial charge in [-0.3, -0.25) is 0 Å². The fourth-order valence-corrected chi connectivity index (χ4v) is 2.62. The van der Waals surface area contributed by atoms with Gasteiger partial charge in [0.05, 0.1) is 0 Å². The summed E-state index contributed by atoms with van der Waals surface area (Å²) in [4.78, 5) is 13.1. The van der Waals surface area contributed by atoms with Crippen molar-refractivity contribution in [3.8, 4) is 5.75 Å². The van der Waals surface area contributed by atoms with Crippen LogP contribution >= 0.6 is 0 Å². The first kappa shape index (κ1) is 15.6. The van der Waals surface area contributed by atoms with Crippen LogP contribution < -0.4 is 4.90 Å². The molecule has 2 N–H and O–H groups in total. The lowest BCUT2D eigenvalue weighted by atomic mass is 9.99. The standard InChI is InChI=1S/C20H17NO3/c1-21-12-11-15(16-7-2-3-8-18(16)21)6-4-5-14-9-10-19(22)17(13-14)20(23)24/h2-13,22H,1H3,(H,23,24)/b5-4+,15-6+. The fourth-order valence-electron chi connectivity index (χ4n) is 2.62. The summed E-state index contributed by atoms with van der Waals surface area (Å²) in [5.74, 6) is -1.38. The van der Waals surface area contributed by atoms with E-state index in [-0.39, 0.29) is 11.3 Å². The average molecular weight is 319 g/mol. The third kappa shape index (κ3) is 3.08. The van der Waals surface area contributed by atoms with E-state index in [2.05, 4.69) is 17.0 Å². The molecule has 0 unspecified atom stereocenters. The van der Waals surface area contributed by atoms with Crippen molar-refractivity contribution in [2.24, 2.45) is 0 Å². The maximum absolute atomic E-state index is 11.1. The smallest absolute Gasteiger partial charge is 0.339 e. The highest BCUT2D eigenvalue weighted by molar-refractivity contribution is 5.91. The zero-order chi connectivity index (χ0) is 17.1. The molecule has 0 aliphatic carbocycles. The molecule has 0 saturated heterocycles. The molecule has 4 heteroatoms. The van der Waals surface area contributed by atoms with E-state index in [1.807, 2.05) is 49.7 Å². The second kappa shape index (κ2) is 6.46. The van der Waals surface area contributed by atoms with Gasteiger partial charge in [-0.15, -0.1) is 0 Å². The molecule has 4 nitrogen and oxygen atoms in total. The van der Waals surface area contributed by atoms with Crippen molar-refractivity contribution in [3.63, 3.8) is 0 Å². The number of hydrogen-bond donors (Lipinski definition) is 2. The molecule has 1 aliphatic heterocycles. The third-order valence-electron chi connectivity index (χ3n) is 3.89. The van der Waals surface area contributed by atoms with E-state index < -0.39 is 5.97 Å². The Morgan fingerprint density at radius 1 is 1.17 bits per heavy atom. The van der Waals surface area contributed by atoms with Crippen LogP contribution in [0.1, 0.15) is 21.5 Å². The minimum absolute atomic E-state index is 0.102. The van der Waals surface area contributed by atoms with Crippen LogP contribution in [0.25, 0.3) is 11.6 Å². The predicted octanol–water partition coefficient (Wildman–Crippen LogP) is 4.15. The molecule has 0 spiro atoms. The zero-order valence-corrected chi connectivity index (χ0v) is 13.2. The van der Waals surface area contributed by atoms with Gasteiger partial charge in [0.15, 0.2) is 0 Å². The summed E-state index contributed by atoms with van der Waals surface area (Å²) in [6.45, 7) is 0. The number of para-hydroxylation sites is 1. The van der Waals surface area contributed by atoms with Crippen LogP contribution in [0.3, 0.4) is 0 Å². The molecule has 120 valence electrons. The van der Waals surface area contributed by atoms with E-state index >= 15 is 0 Å². The van der Waals surface area contributed by atoms with Gasteiger partial charge in [0, 0.05) is 24.5 Å². The Balaban J connectivity index is 1.89. The summed E-state index contributed by atoms with van der Waals surface area (Å²) in [5, 5.41) is 18.6. The lowest BCUT2D eigenvalue weighted by Gasteiger charge is -2.23.